The quantitative estimate of drug-likeness (QED) is 0.734. The summed E-state index contributed by atoms with van der Waals surface area (Å²) in [7, 11) is -3.62. The zero-order valence-corrected chi connectivity index (χ0v) is 15.5. The Bertz CT molecular complexity index is 974. The number of aromatic nitrogens is 2. The molecule has 2 aromatic heterocycles. The molecule has 1 aromatic carbocycles. The van der Waals surface area contributed by atoms with Crippen molar-refractivity contribution < 1.29 is 8.42 Å². The van der Waals surface area contributed by atoms with Crippen LogP contribution < -0.4 is 4.72 Å². The highest BCUT2D eigenvalue weighted by atomic mass is 32.2. The highest BCUT2D eigenvalue weighted by molar-refractivity contribution is 7.89. The number of hydrogen-bond donors (Lipinski definition) is 1. The minimum absolute atomic E-state index is 0.264. The van der Waals surface area contributed by atoms with Crippen LogP contribution in [0.5, 0.6) is 0 Å². The van der Waals surface area contributed by atoms with E-state index < -0.39 is 10.0 Å². The fourth-order valence-corrected chi connectivity index (χ4v) is 4.03. The predicted octanol–water partition coefficient (Wildman–Crippen LogP) is 3.48. The van der Waals surface area contributed by atoms with Gasteiger partial charge < -0.3 is 4.57 Å². The summed E-state index contributed by atoms with van der Waals surface area (Å²) in [5, 5.41) is 0.652. The molecule has 0 spiro atoms. The number of benzene rings is 1. The van der Waals surface area contributed by atoms with Gasteiger partial charge in [0.15, 0.2) is 0 Å². The highest BCUT2D eigenvalue weighted by Crippen LogP contribution is 2.24. The monoisotopic (exact) mass is 357 g/mol. The summed E-state index contributed by atoms with van der Waals surface area (Å²) in [5.74, 6) is 0.397. The second-order valence-electron chi connectivity index (χ2n) is 6.72. The Morgan fingerprint density at radius 1 is 1.16 bits per heavy atom. The zero-order chi connectivity index (χ0) is 18.0. The molecule has 0 atom stereocenters. The van der Waals surface area contributed by atoms with Crippen LogP contribution in [0.25, 0.3) is 11.0 Å². The Morgan fingerprint density at radius 3 is 2.56 bits per heavy atom. The second-order valence-corrected chi connectivity index (χ2v) is 8.46. The molecule has 0 amide bonds. The summed E-state index contributed by atoms with van der Waals surface area (Å²) in [5.41, 5.74) is 2.78. The molecule has 6 heteroatoms. The average Bonchev–Trinajstić information content (AvgIpc) is 2.94. The lowest BCUT2D eigenvalue weighted by atomic mass is 10.2. The van der Waals surface area contributed by atoms with Gasteiger partial charge in [0.2, 0.25) is 10.0 Å². The van der Waals surface area contributed by atoms with Crippen molar-refractivity contribution in [2.75, 3.05) is 0 Å². The number of sulfonamides is 1. The molecule has 2 heterocycles. The van der Waals surface area contributed by atoms with Gasteiger partial charge in [0.1, 0.15) is 10.5 Å². The van der Waals surface area contributed by atoms with Gasteiger partial charge in [-0.1, -0.05) is 43.7 Å². The third kappa shape index (κ3) is 3.91. The minimum Gasteiger partial charge on any atom is -0.331 e. The lowest BCUT2D eigenvalue weighted by Crippen LogP contribution is -2.23. The Hall–Kier alpha value is -2.18. The lowest BCUT2D eigenvalue weighted by Gasteiger charge is -2.07. The minimum atomic E-state index is -3.62. The van der Waals surface area contributed by atoms with E-state index in [-0.39, 0.29) is 11.4 Å². The van der Waals surface area contributed by atoms with Crippen LogP contribution in [0, 0.1) is 12.8 Å². The van der Waals surface area contributed by atoms with Gasteiger partial charge in [-0.3, -0.25) is 0 Å². The molecule has 0 saturated heterocycles. The topological polar surface area (TPSA) is 64.0 Å². The molecule has 25 heavy (non-hydrogen) atoms. The van der Waals surface area contributed by atoms with Crippen molar-refractivity contribution in [3.05, 3.63) is 59.9 Å². The number of hydrogen-bond acceptors (Lipinski definition) is 3. The van der Waals surface area contributed by atoms with Crippen molar-refractivity contribution in [3.63, 3.8) is 0 Å². The van der Waals surface area contributed by atoms with Crippen LogP contribution in [0.15, 0.2) is 53.7 Å². The SMILES string of the molecule is Cc1ccc(CNS(=O)(=O)c2cn(CC(C)C)c3ncccc23)cc1. The van der Waals surface area contributed by atoms with E-state index in [0.717, 1.165) is 17.7 Å². The van der Waals surface area contributed by atoms with E-state index in [0.29, 0.717) is 17.0 Å². The summed E-state index contributed by atoms with van der Waals surface area (Å²) in [4.78, 5) is 4.65. The van der Waals surface area contributed by atoms with Gasteiger partial charge in [0.05, 0.1) is 0 Å². The summed E-state index contributed by atoms with van der Waals surface area (Å²) < 4.78 is 30.3. The standard InChI is InChI=1S/C19H23N3O2S/c1-14(2)12-22-13-18(17-5-4-10-20-19(17)22)25(23,24)21-11-16-8-6-15(3)7-9-16/h4-10,13-14,21H,11-12H2,1-3H3. The Morgan fingerprint density at radius 2 is 1.88 bits per heavy atom. The maximum absolute atomic E-state index is 12.8. The third-order valence-electron chi connectivity index (χ3n) is 4.04. The maximum atomic E-state index is 12.8. The molecule has 1 N–H and O–H groups in total. The molecule has 132 valence electrons. The molecule has 0 aliphatic heterocycles. The third-order valence-corrected chi connectivity index (χ3v) is 5.46. The van der Waals surface area contributed by atoms with E-state index in [9.17, 15) is 8.42 Å². The van der Waals surface area contributed by atoms with Crippen LogP contribution >= 0.6 is 0 Å². The molecule has 0 saturated carbocycles. The molecule has 0 aliphatic rings. The van der Waals surface area contributed by atoms with E-state index in [1.54, 1.807) is 24.5 Å². The van der Waals surface area contributed by atoms with Gasteiger partial charge in [-0.15, -0.1) is 0 Å². The van der Waals surface area contributed by atoms with Crippen molar-refractivity contribution in [1.82, 2.24) is 14.3 Å². The van der Waals surface area contributed by atoms with Gasteiger partial charge in [-0.05, 0) is 30.5 Å². The van der Waals surface area contributed by atoms with Crippen LogP contribution in [0.3, 0.4) is 0 Å². The van der Waals surface area contributed by atoms with Crippen molar-refractivity contribution in [2.45, 2.75) is 38.8 Å². The van der Waals surface area contributed by atoms with Gasteiger partial charge in [0.25, 0.3) is 0 Å². The molecule has 3 rings (SSSR count). The van der Waals surface area contributed by atoms with Gasteiger partial charge in [-0.25, -0.2) is 18.1 Å². The molecule has 0 radical (unpaired) electrons. The van der Waals surface area contributed by atoms with E-state index in [1.165, 1.54) is 0 Å². The van der Waals surface area contributed by atoms with Gasteiger partial charge in [0, 0.05) is 30.9 Å². The fraction of sp³-hybridized carbons (Fsp3) is 0.316. The first-order valence-electron chi connectivity index (χ1n) is 8.36. The smallest absolute Gasteiger partial charge is 0.243 e. The average molecular weight is 357 g/mol. The number of rotatable bonds is 6. The van der Waals surface area contributed by atoms with Crippen LogP contribution in [-0.2, 0) is 23.1 Å². The summed E-state index contributed by atoms with van der Waals surface area (Å²) >= 11 is 0. The van der Waals surface area contributed by atoms with E-state index in [4.69, 9.17) is 0 Å². The Kier molecular flexibility index (Phi) is 4.92. The molecular weight excluding hydrogens is 334 g/mol. The predicted molar refractivity (Wildman–Crippen MR) is 99.8 cm³/mol. The lowest BCUT2D eigenvalue weighted by molar-refractivity contribution is 0.530. The molecule has 0 unspecified atom stereocenters. The van der Waals surface area contributed by atoms with Crippen LogP contribution in [-0.4, -0.2) is 18.0 Å². The van der Waals surface area contributed by atoms with Crippen LogP contribution in [0.1, 0.15) is 25.0 Å². The first kappa shape index (κ1) is 17.6. The number of fused-ring (bicyclic) bond motifs is 1. The Balaban J connectivity index is 1.92. The number of nitrogens with zero attached hydrogens (tertiary/aromatic N) is 2. The summed E-state index contributed by atoms with van der Waals surface area (Å²) in [6.45, 7) is 7.18. The van der Waals surface area contributed by atoms with Gasteiger partial charge >= 0.3 is 0 Å². The summed E-state index contributed by atoms with van der Waals surface area (Å²) in [6.07, 6.45) is 3.38. The van der Waals surface area contributed by atoms with E-state index in [1.807, 2.05) is 35.8 Å². The van der Waals surface area contributed by atoms with Gasteiger partial charge in [-0.2, -0.15) is 0 Å². The van der Waals surface area contributed by atoms with E-state index >= 15 is 0 Å². The molecule has 0 fully saturated rings. The zero-order valence-electron chi connectivity index (χ0n) is 14.7. The van der Waals surface area contributed by atoms with Crippen LogP contribution in [0.4, 0.5) is 0 Å². The molecule has 0 bridgehead atoms. The van der Waals surface area contributed by atoms with Crippen LogP contribution in [0.2, 0.25) is 0 Å². The molecular formula is C19H23N3O2S. The normalized spacial score (nSPS) is 12.2. The molecule has 3 aromatic rings. The second kappa shape index (κ2) is 6.98. The number of nitrogens with one attached hydrogen (secondary N) is 1. The fourth-order valence-electron chi connectivity index (χ4n) is 2.80. The first-order valence-corrected chi connectivity index (χ1v) is 9.84. The first-order chi connectivity index (χ1) is 11.9. The maximum Gasteiger partial charge on any atom is 0.243 e. The summed E-state index contributed by atoms with van der Waals surface area (Å²) in [6, 6.07) is 11.4. The van der Waals surface area contributed by atoms with Crippen molar-refractivity contribution >= 4 is 21.1 Å². The number of aryl methyl sites for hydroxylation is 1. The van der Waals surface area contributed by atoms with Crippen molar-refractivity contribution in [2.24, 2.45) is 5.92 Å². The highest BCUT2D eigenvalue weighted by Gasteiger charge is 2.21. The van der Waals surface area contributed by atoms with Crippen molar-refractivity contribution in [1.29, 1.82) is 0 Å². The largest absolute Gasteiger partial charge is 0.331 e. The molecule has 5 nitrogen and oxygen atoms in total. The van der Waals surface area contributed by atoms with Crippen molar-refractivity contribution in [3.8, 4) is 0 Å². The number of pyridine rings is 1. The Labute approximate surface area is 148 Å². The van der Waals surface area contributed by atoms with E-state index in [2.05, 4.69) is 23.6 Å². The molecule has 0 aliphatic carbocycles.